The molecule has 2 aliphatic rings. The number of fused-ring (bicyclic) bond motifs is 1. The van der Waals surface area contributed by atoms with Crippen molar-refractivity contribution < 1.29 is 9.59 Å². The maximum Gasteiger partial charge on any atom is 0.256 e. The largest absolute Gasteiger partial charge is 0.339 e. The zero-order chi connectivity index (χ0) is 26.6. The van der Waals surface area contributed by atoms with Crippen molar-refractivity contribution in [3.63, 3.8) is 0 Å². The number of amides is 2. The molecular weight excluding hydrogens is 482 g/mol. The average molecular weight is 510 g/mol. The number of aliphatic imine (C=N–C) groups is 1. The van der Waals surface area contributed by atoms with E-state index in [4.69, 9.17) is 11.4 Å². The number of amidine groups is 1. The number of nitrogens with one attached hydrogen (secondary N) is 3. The number of hydrazone groups is 1. The summed E-state index contributed by atoms with van der Waals surface area (Å²) < 4.78 is 0. The molecule has 2 amide bonds. The first-order chi connectivity index (χ1) is 18.5. The molecule has 5 heterocycles. The van der Waals surface area contributed by atoms with Crippen LogP contribution in [-0.2, 0) is 4.79 Å². The summed E-state index contributed by atoms with van der Waals surface area (Å²) in [4.78, 5) is 47.5. The molecule has 1 unspecified atom stereocenters. The second-order valence-corrected chi connectivity index (χ2v) is 8.89. The third-order valence-corrected chi connectivity index (χ3v) is 6.49. The highest BCUT2D eigenvalue weighted by Gasteiger charge is 2.28. The number of H-pyrrole nitrogens is 1. The third-order valence-electron chi connectivity index (χ3n) is 6.49. The number of anilines is 1. The summed E-state index contributed by atoms with van der Waals surface area (Å²) in [7, 11) is 1.65. The van der Waals surface area contributed by atoms with Gasteiger partial charge < -0.3 is 15.2 Å². The Morgan fingerprint density at radius 1 is 1.26 bits per heavy atom. The molecule has 2 aliphatic heterocycles. The number of hydrogen-bond acceptors (Lipinski definition) is 7. The molecule has 3 N–H and O–H groups in total. The van der Waals surface area contributed by atoms with Gasteiger partial charge in [0.2, 0.25) is 5.91 Å². The lowest BCUT2D eigenvalue weighted by molar-refractivity contribution is -0.115. The number of terminal acetylenes is 1. The van der Waals surface area contributed by atoms with Crippen LogP contribution in [0.15, 0.2) is 52.3 Å². The minimum Gasteiger partial charge on any atom is -0.339 e. The zero-order valence-corrected chi connectivity index (χ0v) is 21.2. The van der Waals surface area contributed by atoms with Gasteiger partial charge in [-0.15, -0.1) is 6.42 Å². The van der Waals surface area contributed by atoms with E-state index in [-0.39, 0.29) is 11.8 Å². The molecule has 192 valence electrons. The van der Waals surface area contributed by atoms with E-state index in [1.807, 2.05) is 17.0 Å². The predicted molar refractivity (Wildman–Crippen MR) is 145 cm³/mol. The van der Waals surface area contributed by atoms with Gasteiger partial charge in [0.05, 0.1) is 11.5 Å². The zero-order valence-electron chi connectivity index (χ0n) is 21.2. The summed E-state index contributed by atoms with van der Waals surface area (Å²) in [6.07, 6.45) is 13.4. The highest BCUT2D eigenvalue weighted by atomic mass is 16.2. The molecule has 0 bridgehead atoms. The second kappa shape index (κ2) is 10.6. The minimum absolute atomic E-state index is 0.0514. The maximum atomic E-state index is 13.1. The fourth-order valence-corrected chi connectivity index (χ4v) is 4.44. The Hall–Kier alpha value is -4.85. The van der Waals surface area contributed by atoms with Gasteiger partial charge >= 0.3 is 0 Å². The fraction of sp³-hybridized carbons (Fsp3) is 0.296. The van der Waals surface area contributed by atoms with E-state index in [1.54, 1.807) is 38.5 Å². The maximum absolute atomic E-state index is 13.1. The summed E-state index contributed by atoms with van der Waals surface area (Å²) in [6, 6.07) is 5.24. The SMILES string of the molecule is C#CC(/C=C1/C(c2nc3c(C(=O)N4CCCC4)ccnc3[nH]2)=NN/C1=N/C)c1ccc(NC(=O)CC)nc1. The van der Waals surface area contributed by atoms with Crippen molar-refractivity contribution in [1.82, 2.24) is 30.3 Å². The number of rotatable bonds is 6. The molecule has 1 saturated heterocycles. The number of aromatic amines is 1. The van der Waals surface area contributed by atoms with Gasteiger partial charge in [-0.3, -0.25) is 20.0 Å². The lowest BCUT2D eigenvalue weighted by atomic mass is 9.96. The number of nitrogens with zero attached hydrogens (tertiary/aromatic N) is 6. The summed E-state index contributed by atoms with van der Waals surface area (Å²) >= 11 is 0. The van der Waals surface area contributed by atoms with E-state index >= 15 is 0 Å². The van der Waals surface area contributed by atoms with Crippen molar-refractivity contribution in [2.75, 3.05) is 25.5 Å². The number of allylic oxidation sites excluding steroid dienone is 1. The predicted octanol–water partition coefficient (Wildman–Crippen LogP) is 2.62. The van der Waals surface area contributed by atoms with E-state index in [0.717, 1.165) is 31.5 Å². The lowest BCUT2D eigenvalue weighted by Gasteiger charge is -2.14. The van der Waals surface area contributed by atoms with E-state index in [9.17, 15) is 9.59 Å². The van der Waals surface area contributed by atoms with E-state index in [2.05, 4.69) is 41.7 Å². The van der Waals surface area contributed by atoms with Crippen LogP contribution in [0, 0.1) is 12.3 Å². The summed E-state index contributed by atoms with van der Waals surface area (Å²) in [5, 5.41) is 7.17. The van der Waals surface area contributed by atoms with Crippen molar-refractivity contribution >= 4 is 40.3 Å². The summed E-state index contributed by atoms with van der Waals surface area (Å²) in [5.41, 5.74) is 6.35. The molecule has 0 saturated carbocycles. The monoisotopic (exact) mass is 509 g/mol. The fourth-order valence-electron chi connectivity index (χ4n) is 4.44. The first kappa shape index (κ1) is 24.8. The van der Waals surface area contributed by atoms with Crippen molar-refractivity contribution in [2.24, 2.45) is 10.1 Å². The third kappa shape index (κ3) is 4.76. The van der Waals surface area contributed by atoms with Crippen LogP contribution in [0.3, 0.4) is 0 Å². The number of carbonyl (C=O) groups is 2. The first-order valence-electron chi connectivity index (χ1n) is 12.4. The Morgan fingerprint density at radius 3 is 2.76 bits per heavy atom. The van der Waals surface area contributed by atoms with Gasteiger partial charge in [-0.25, -0.2) is 15.0 Å². The molecule has 3 aromatic rings. The Bertz CT molecular complexity index is 1520. The van der Waals surface area contributed by atoms with Crippen molar-refractivity contribution in [1.29, 1.82) is 0 Å². The minimum atomic E-state index is -0.454. The molecule has 0 aromatic carbocycles. The molecule has 1 fully saturated rings. The molecule has 11 heteroatoms. The Kier molecular flexibility index (Phi) is 6.95. The van der Waals surface area contributed by atoms with Crippen LogP contribution in [0.4, 0.5) is 5.82 Å². The molecule has 11 nitrogen and oxygen atoms in total. The Labute approximate surface area is 219 Å². The summed E-state index contributed by atoms with van der Waals surface area (Å²) in [6.45, 7) is 3.26. The van der Waals surface area contributed by atoms with Crippen LogP contribution in [-0.4, -0.2) is 68.3 Å². The molecule has 5 rings (SSSR count). The van der Waals surface area contributed by atoms with E-state index < -0.39 is 5.92 Å². The smallest absolute Gasteiger partial charge is 0.256 e. The van der Waals surface area contributed by atoms with Crippen LogP contribution in [0.25, 0.3) is 11.2 Å². The lowest BCUT2D eigenvalue weighted by Crippen LogP contribution is -2.27. The number of likely N-dealkylation sites (tertiary alicyclic amines) is 1. The highest BCUT2D eigenvalue weighted by Crippen LogP contribution is 2.25. The summed E-state index contributed by atoms with van der Waals surface area (Å²) in [5.74, 6) is 3.59. The number of carbonyl (C=O) groups excluding carboxylic acids is 2. The van der Waals surface area contributed by atoms with Gasteiger partial charge in [0.1, 0.15) is 17.0 Å². The van der Waals surface area contributed by atoms with Gasteiger partial charge in [-0.1, -0.05) is 25.0 Å². The first-order valence-corrected chi connectivity index (χ1v) is 12.4. The van der Waals surface area contributed by atoms with Gasteiger partial charge in [-0.2, -0.15) is 5.10 Å². The highest BCUT2D eigenvalue weighted by molar-refractivity contribution is 6.31. The number of aromatic nitrogens is 4. The molecular formula is C27H27N9O2. The molecule has 0 spiro atoms. The molecule has 0 radical (unpaired) electrons. The number of hydrogen-bond donors (Lipinski definition) is 3. The quantitative estimate of drug-likeness (QED) is 0.436. The number of imidazole rings is 1. The van der Waals surface area contributed by atoms with Crippen molar-refractivity contribution in [3.8, 4) is 12.3 Å². The molecule has 3 aromatic heterocycles. The van der Waals surface area contributed by atoms with Crippen LogP contribution in [0.1, 0.15) is 53.8 Å². The average Bonchev–Trinajstić information content (AvgIpc) is 3.71. The van der Waals surface area contributed by atoms with Crippen LogP contribution < -0.4 is 10.7 Å². The molecule has 38 heavy (non-hydrogen) atoms. The molecule has 0 aliphatic carbocycles. The normalized spacial score (nSPS) is 17.9. The standard InChI is InChI=1S/C27H27N9O2/c1-4-16(17-8-9-20(30-15-17)31-21(37)5-2)14-19-23(34-35-24(19)28-3)26-32-22-18(10-11-29-25(22)33-26)27(38)36-12-6-7-13-36/h1,8-11,14-16H,5-7,12-13H2,2-3H3,(H,28,35)(H,29,32,33)(H,30,31,37)/b19-14-. The second-order valence-electron chi connectivity index (χ2n) is 8.89. The number of pyridine rings is 2. The van der Waals surface area contributed by atoms with Crippen LogP contribution >= 0.6 is 0 Å². The van der Waals surface area contributed by atoms with Crippen LogP contribution in [0.5, 0.6) is 0 Å². The van der Waals surface area contributed by atoms with E-state index in [0.29, 0.717) is 51.9 Å². The Balaban J connectivity index is 1.47. The van der Waals surface area contributed by atoms with Gasteiger partial charge in [0.25, 0.3) is 5.91 Å². The Morgan fingerprint density at radius 2 is 2.08 bits per heavy atom. The topological polar surface area (TPSA) is 141 Å². The van der Waals surface area contributed by atoms with Crippen LogP contribution in [0.2, 0.25) is 0 Å². The van der Waals surface area contributed by atoms with Gasteiger partial charge in [-0.05, 0) is 30.5 Å². The van der Waals surface area contributed by atoms with Crippen molar-refractivity contribution in [2.45, 2.75) is 32.1 Å². The van der Waals surface area contributed by atoms with Gasteiger partial charge in [0.15, 0.2) is 17.3 Å². The van der Waals surface area contributed by atoms with Crippen molar-refractivity contribution in [3.05, 3.63) is 59.2 Å². The van der Waals surface area contributed by atoms with E-state index in [1.165, 1.54) is 0 Å². The van der Waals surface area contributed by atoms with Gasteiger partial charge in [0, 0.05) is 44.5 Å². The molecule has 1 atom stereocenters.